The average Bonchev–Trinajstić information content (AvgIpc) is 3.63. The van der Waals surface area contributed by atoms with Crippen LogP contribution in [0.25, 0.3) is 55.3 Å². The quantitative estimate of drug-likeness (QED) is 0.149. The molecule has 1 nitrogen and oxygen atoms in total. The minimum Gasteiger partial charge on any atom is -0.310 e. The second-order valence-corrected chi connectivity index (χ2v) is 15.7. The lowest BCUT2D eigenvalue weighted by molar-refractivity contribution is 0.768. The van der Waals surface area contributed by atoms with E-state index in [9.17, 15) is 0 Å². The third-order valence-corrected chi connectivity index (χ3v) is 12.3. The molecule has 0 fully saturated rings. The number of hydrogen-bond acceptors (Lipinski definition) is 1. The van der Waals surface area contributed by atoms with Crippen LogP contribution in [-0.2, 0) is 5.41 Å². The van der Waals surface area contributed by atoms with E-state index in [0.717, 1.165) is 17.1 Å². The van der Waals surface area contributed by atoms with E-state index >= 15 is 0 Å². The molecule has 282 valence electrons. The highest BCUT2D eigenvalue weighted by molar-refractivity contribution is 5.91. The molecule has 1 aliphatic carbocycles. The maximum absolute atomic E-state index is 2.45. The van der Waals surface area contributed by atoms with Crippen molar-refractivity contribution in [1.29, 1.82) is 0 Å². The highest BCUT2D eigenvalue weighted by Gasteiger charge is 2.46. The molecule has 0 saturated carbocycles. The molecule has 60 heavy (non-hydrogen) atoms. The van der Waals surface area contributed by atoms with E-state index in [2.05, 4.69) is 254 Å². The van der Waals surface area contributed by atoms with Gasteiger partial charge < -0.3 is 4.90 Å². The Labute approximate surface area is 352 Å². The summed E-state index contributed by atoms with van der Waals surface area (Å²) in [6.07, 6.45) is 0. The van der Waals surface area contributed by atoms with Crippen molar-refractivity contribution in [2.24, 2.45) is 0 Å². The first-order valence-corrected chi connectivity index (χ1v) is 20.7. The zero-order chi connectivity index (χ0) is 39.9. The van der Waals surface area contributed by atoms with E-state index < -0.39 is 5.41 Å². The van der Waals surface area contributed by atoms with E-state index in [1.165, 1.54) is 77.5 Å². The van der Waals surface area contributed by atoms with Crippen LogP contribution in [0.3, 0.4) is 0 Å². The molecule has 0 radical (unpaired) electrons. The van der Waals surface area contributed by atoms with Crippen molar-refractivity contribution >= 4 is 27.8 Å². The molecule has 0 heterocycles. The Morgan fingerprint density at radius 3 is 1.33 bits per heavy atom. The van der Waals surface area contributed by atoms with Crippen molar-refractivity contribution in [3.8, 4) is 44.5 Å². The molecule has 0 N–H and O–H groups in total. The van der Waals surface area contributed by atoms with Crippen molar-refractivity contribution in [3.63, 3.8) is 0 Å². The van der Waals surface area contributed by atoms with Gasteiger partial charge in [-0.3, -0.25) is 0 Å². The first kappa shape index (κ1) is 35.4. The minimum atomic E-state index is -0.496. The first-order chi connectivity index (χ1) is 29.7. The highest BCUT2D eigenvalue weighted by Crippen LogP contribution is 2.57. The Kier molecular flexibility index (Phi) is 8.79. The van der Waals surface area contributed by atoms with Crippen LogP contribution in [0, 0.1) is 0 Å². The smallest absolute Gasteiger partial charge is 0.0714 e. The first-order valence-electron chi connectivity index (χ1n) is 20.7. The van der Waals surface area contributed by atoms with Crippen molar-refractivity contribution in [2.75, 3.05) is 4.90 Å². The molecular weight excluding hydrogens is 723 g/mol. The molecule has 1 heteroatoms. The van der Waals surface area contributed by atoms with Crippen molar-refractivity contribution in [2.45, 2.75) is 5.41 Å². The Bertz CT molecular complexity index is 3070. The maximum atomic E-state index is 2.45. The van der Waals surface area contributed by atoms with Gasteiger partial charge in [-0.1, -0.05) is 200 Å². The third kappa shape index (κ3) is 6.03. The molecule has 0 spiro atoms. The summed E-state index contributed by atoms with van der Waals surface area (Å²) >= 11 is 0. The van der Waals surface area contributed by atoms with Gasteiger partial charge in [-0.2, -0.15) is 0 Å². The van der Waals surface area contributed by atoms with Gasteiger partial charge in [0.15, 0.2) is 0 Å². The van der Waals surface area contributed by atoms with Gasteiger partial charge in [0.25, 0.3) is 0 Å². The number of fused-ring (bicyclic) bond motifs is 4. The van der Waals surface area contributed by atoms with E-state index in [0.29, 0.717) is 0 Å². The zero-order valence-corrected chi connectivity index (χ0v) is 33.1. The fourth-order valence-corrected chi connectivity index (χ4v) is 9.50. The van der Waals surface area contributed by atoms with Gasteiger partial charge in [0.1, 0.15) is 0 Å². The molecule has 0 atom stereocenters. The van der Waals surface area contributed by atoms with Crippen LogP contribution in [0.15, 0.2) is 249 Å². The van der Waals surface area contributed by atoms with Gasteiger partial charge in [0.2, 0.25) is 0 Å². The van der Waals surface area contributed by atoms with Crippen LogP contribution in [-0.4, -0.2) is 0 Å². The molecule has 0 aliphatic heterocycles. The number of anilines is 3. The second-order valence-electron chi connectivity index (χ2n) is 15.7. The lowest BCUT2D eigenvalue weighted by Crippen LogP contribution is -2.28. The van der Waals surface area contributed by atoms with Crippen LogP contribution in [0.4, 0.5) is 17.1 Å². The van der Waals surface area contributed by atoms with Crippen molar-refractivity contribution in [3.05, 3.63) is 271 Å². The van der Waals surface area contributed by atoms with Crippen LogP contribution < -0.4 is 4.90 Å². The summed E-state index contributed by atoms with van der Waals surface area (Å²) in [5.41, 5.74) is 17.7. The van der Waals surface area contributed by atoms with Crippen LogP contribution >= 0.6 is 0 Å². The lowest BCUT2D eigenvalue weighted by Gasteiger charge is -2.35. The van der Waals surface area contributed by atoms with Crippen molar-refractivity contribution < 1.29 is 0 Å². The molecular formula is C59H41N. The summed E-state index contributed by atoms with van der Waals surface area (Å²) in [6, 6.07) is 91.0. The minimum absolute atomic E-state index is 0.496. The summed E-state index contributed by atoms with van der Waals surface area (Å²) in [5, 5.41) is 2.50. The molecule has 1 aliphatic rings. The number of hydrogen-bond donors (Lipinski definition) is 0. The molecule has 10 aromatic rings. The van der Waals surface area contributed by atoms with Gasteiger partial charge in [-0.25, -0.2) is 0 Å². The van der Waals surface area contributed by atoms with Crippen molar-refractivity contribution in [1.82, 2.24) is 0 Å². The summed E-state index contributed by atoms with van der Waals surface area (Å²) in [5.74, 6) is 0. The predicted octanol–water partition coefficient (Wildman–Crippen LogP) is 15.7. The van der Waals surface area contributed by atoms with Gasteiger partial charge in [0, 0.05) is 17.1 Å². The Hall–Kier alpha value is -7.74. The van der Waals surface area contributed by atoms with Crippen LogP contribution in [0.2, 0.25) is 0 Å². The molecule has 10 aromatic carbocycles. The van der Waals surface area contributed by atoms with Gasteiger partial charge in [0.05, 0.1) is 5.41 Å². The van der Waals surface area contributed by atoms with Gasteiger partial charge in [-0.15, -0.1) is 0 Å². The number of benzene rings is 10. The highest BCUT2D eigenvalue weighted by atomic mass is 15.1. The predicted molar refractivity (Wildman–Crippen MR) is 252 cm³/mol. The molecule has 0 unspecified atom stereocenters. The maximum Gasteiger partial charge on any atom is 0.0714 e. The normalized spacial score (nSPS) is 12.5. The fourth-order valence-electron chi connectivity index (χ4n) is 9.50. The van der Waals surface area contributed by atoms with E-state index in [1.807, 2.05) is 0 Å². The molecule has 0 aromatic heterocycles. The zero-order valence-electron chi connectivity index (χ0n) is 33.1. The topological polar surface area (TPSA) is 3.24 Å². The summed E-state index contributed by atoms with van der Waals surface area (Å²) in [6.45, 7) is 0. The number of rotatable bonds is 8. The largest absolute Gasteiger partial charge is 0.310 e. The summed E-state index contributed by atoms with van der Waals surface area (Å²) in [7, 11) is 0. The SMILES string of the molecule is c1ccc(-c2cccc(-c3ccc(N(c4ccc(-c5ccc6ccccc6c5)cc4)c4ccc5c(c4)C(c4ccccc4)(c4ccccc4)c4ccccc4-5)cc3)c2)cc1. The standard InChI is InChI=1S/C59H41N/c1-4-15-42(16-5-1)47-19-14-20-48(39-47)44-29-33-52(34-30-44)60(53-35-31-45(32-36-53)49-28-27-43-17-10-11-18-46(43)40-49)54-37-38-56-55-25-12-13-26-57(55)59(58(56)41-54,50-21-6-2-7-22-50)51-23-8-3-9-24-51/h1-41H. The van der Waals surface area contributed by atoms with E-state index in [4.69, 9.17) is 0 Å². The molecule has 11 rings (SSSR count). The van der Waals surface area contributed by atoms with Crippen LogP contribution in [0.1, 0.15) is 22.3 Å². The molecule has 0 bridgehead atoms. The fraction of sp³-hybridized carbons (Fsp3) is 0.0169. The van der Waals surface area contributed by atoms with E-state index in [-0.39, 0.29) is 0 Å². The third-order valence-electron chi connectivity index (χ3n) is 12.3. The van der Waals surface area contributed by atoms with E-state index in [1.54, 1.807) is 0 Å². The lowest BCUT2D eigenvalue weighted by atomic mass is 9.67. The average molecular weight is 764 g/mol. The Morgan fingerprint density at radius 1 is 0.250 bits per heavy atom. The number of nitrogens with zero attached hydrogens (tertiary/aromatic N) is 1. The van der Waals surface area contributed by atoms with Gasteiger partial charge in [-0.05, 0) is 126 Å². The Morgan fingerprint density at radius 2 is 0.700 bits per heavy atom. The monoisotopic (exact) mass is 763 g/mol. The summed E-state index contributed by atoms with van der Waals surface area (Å²) < 4.78 is 0. The second kappa shape index (κ2) is 14.9. The molecule has 0 amide bonds. The molecule has 0 saturated heterocycles. The van der Waals surface area contributed by atoms with Gasteiger partial charge >= 0.3 is 0 Å². The Balaban J connectivity index is 1.07. The van der Waals surface area contributed by atoms with Crippen LogP contribution in [0.5, 0.6) is 0 Å². The summed E-state index contributed by atoms with van der Waals surface area (Å²) in [4.78, 5) is 2.42.